The minimum absolute atomic E-state index is 0.00426. The van der Waals surface area contributed by atoms with Crippen LogP contribution in [0.4, 0.5) is 5.82 Å². The molecule has 0 N–H and O–H groups in total. The van der Waals surface area contributed by atoms with Gasteiger partial charge in [-0.3, -0.25) is 4.57 Å². The molecule has 70 valence electrons. The minimum atomic E-state index is -0.517. The van der Waals surface area contributed by atoms with Gasteiger partial charge in [-0.15, -0.1) is 0 Å². The molecular formula is C7H9N3O3. The normalized spacial score (nSPS) is 19.7. The van der Waals surface area contributed by atoms with E-state index in [0.29, 0.717) is 12.4 Å². The van der Waals surface area contributed by atoms with Gasteiger partial charge in [-0.05, 0) is 16.8 Å². The number of hydrogen-bond donors (Lipinski definition) is 0. The highest BCUT2D eigenvalue weighted by molar-refractivity contribution is 5.38. The second-order valence-electron chi connectivity index (χ2n) is 3.08. The van der Waals surface area contributed by atoms with Crippen LogP contribution in [0.2, 0.25) is 0 Å². The van der Waals surface area contributed by atoms with E-state index in [-0.39, 0.29) is 17.8 Å². The number of imidazole rings is 1. The van der Waals surface area contributed by atoms with E-state index in [1.807, 2.05) is 6.92 Å². The largest absolute Gasteiger partial charge is 0.468 e. The van der Waals surface area contributed by atoms with Crippen molar-refractivity contribution in [2.75, 3.05) is 0 Å². The second kappa shape index (κ2) is 2.45. The predicted molar refractivity (Wildman–Crippen MR) is 43.7 cm³/mol. The van der Waals surface area contributed by atoms with Gasteiger partial charge in [0.25, 0.3) is 5.88 Å². The van der Waals surface area contributed by atoms with Gasteiger partial charge >= 0.3 is 5.82 Å². The lowest BCUT2D eigenvalue weighted by Crippen LogP contribution is -2.09. The van der Waals surface area contributed by atoms with Crippen molar-refractivity contribution in [1.29, 1.82) is 0 Å². The number of fused-ring (bicyclic) bond motifs is 1. The number of aromatic nitrogens is 2. The molecule has 0 saturated carbocycles. The summed E-state index contributed by atoms with van der Waals surface area (Å²) in [6.07, 6.45) is -0.00426. The number of nitrogens with zero attached hydrogens (tertiary/aromatic N) is 3. The Hall–Kier alpha value is -1.59. The van der Waals surface area contributed by atoms with Crippen LogP contribution in [0.5, 0.6) is 5.88 Å². The van der Waals surface area contributed by atoms with Crippen LogP contribution in [0.25, 0.3) is 0 Å². The maximum Gasteiger partial charge on any atom is 0.426 e. The molecule has 1 aliphatic heterocycles. The van der Waals surface area contributed by atoms with E-state index in [0.717, 1.165) is 0 Å². The summed E-state index contributed by atoms with van der Waals surface area (Å²) in [4.78, 5) is 13.8. The molecule has 0 aliphatic carbocycles. The third-order valence-corrected chi connectivity index (χ3v) is 2.02. The molecule has 2 rings (SSSR count). The number of rotatable bonds is 1. The van der Waals surface area contributed by atoms with Crippen molar-refractivity contribution in [3.8, 4) is 5.88 Å². The lowest BCUT2D eigenvalue weighted by Gasteiger charge is -1.99. The summed E-state index contributed by atoms with van der Waals surface area (Å²) in [7, 11) is 0. The van der Waals surface area contributed by atoms with E-state index < -0.39 is 4.92 Å². The number of hydrogen-bond acceptors (Lipinski definition) is 4. The second-order valence-corrected chi connectivity index (χ2v) is 3.08. The first-order valence-corrected chi connectivity index (χ1v) is 3.97. The molecule has 0 radical (unpaired) electrons. The Labute approximate surface area is 74.3 Å². The van der Waals surface area contributed by atoms with Gasteiger partial charge in [-0.25, -0.2) is 0 Å². The third-order valence-electron chi connectivity index (χ3n) is 2.02. The van der Waals surface area contributed by atoms with Crippen LogP contribution in [-0.4, -0.2) is 20.6 Å². The first-order valence-electron chi connectivity index (χ1n) is 3.97. The van der Waals surface area contributed by atoms with Gasteiger partial charge in [0, 0.05) is 6.92 Å². The molecule has 1 unspecified atom stereocenters. The Balaban J connectivity index is 2.52. The van der Waals surface area contributed by atoms with Crippen molar-refractivity contribution in [1.82, 2.24) is 9.55 Å². The molecule has 13 heavy (non-hydrogen) atoms. The summed E-state index contributed by atoms with van der Waals surface area (Å²) in [6.45, 7) is 4.25. The highest BCUT2D eigenvalue weighted by atomic mass is 16.6. The van der Waals surface area contributed by atoms with Crippen molar-refractivity contribution >= 4 is 5.82 Å². The van der Waals surface area contributed by atoms with Gasteiger partial charge < -0.3 is 14.9 Å². The molecule has 0 amide bonds. The van der Waals surface area contributed by atoms with Gasteiger partial charge in [0.1, 0.15) is 6.10 Å². The lowest BCUT2D eigenvalue weighted by atomic mass is 10.4. The Morgan fingerprint density at radius 3 is 3.08 bits per heavy atom. The first kappa shape index (κ1) is 8.03. The predicted octanol–water partition coefficient (Wildman–Crippen LogP) is 0.881. The van der Waals surface area contributed by atoms with Gasteiger partial charge in [-0.1, -0.05) is 0 Å². The molecule has 0 saturated heterocycles. The zero-order valence-electron chi connectivity index (χ0n) is 7.35. The fourth-order valence-corrected chi connectivity index (χ4v) is 1.46. The van der Waals surface area contributed by atoms with E-state index in [1.165, 1.54) is 0 Å². The van der Waals surface area contributed by atoms with Crippen LogP contribution in [0, 0.1) is 17.0 Å². The van der Waals surface area contributed by atoms with E-state index in [9.17, 15) is 10.1 Å². The molecule has 6 nitrogen and oxygen atoms in total. The Bertz CT molecular complexity index is 371. The maximum atomic E-state index is 10.5. The zero-order chi connectivity index (χ0) is 9.59. The van der Waals surface area contributed by atoms with Gasteiger partial charge in [0.2, 0.25) is 5.82 Å². The molecule has 0 spiro atoms. The summed E-state index contributed by atoms with van der Waals surface area (Å²) in [5.41, 5.74) is 0. The molecule has 0 aromatic carbocycles. The maximum absolute atomic E-state index is 10.5. The zero-order valence-corrected chi connectivity index (χ0v) is 7.35. The fourth-order valence-electron chi connectivity index (χ4n) is 1.46. The van der Waals surface area contributed by atoms with Crippen LogP contribution in [0.15, 0.2) is 0 Å². The number of ether oxygens (including phenoxy) is 1. The van der Waals surface area contributed by atoms with Crippen LogP contribution >= 0.6 is 0 Å². The molecule has 0 bridgehead atoms. The van der Waals surface area contributed by atoms with E-state index in [4.69, 9.17) is 4.74 Å². The number of nitro groups is 1. The Kier molecular flexibility index (Phi) is 1.51. The minimum Gasteiger partial charge on any atom is -0.468 e. The monoisotopic (exact) mass is 183 g/mol. The van der Waals surface area contributed by atoms with Crippen LogP contribution < -0.4 is 4.74 Å². The molecular weight excluding hydrogens is 174 g/mol. The summed E-state index contributed by atoms with van der Waals surface area (Å²) in [5.74, 6) is 0.739. The molecule has 1 aromatic rings. The summed E-state index contributed by atoms with van der Waals surface area (Å²) in [6, 6.07) is 0. The van der Waals surface area contributed by atoms with Crippen molar-refractivity contribution < 1.29 is 9.66 Å². The van der Waals surface area contributed by atoms with Crippen LogP contribution in [-0.2, 0) is 6.54 Å². The summed E-state index contributed by atoms with van der Waals surface area (Å²) in [5, 5.41) is 10.5. The topological polar surface area (TPSA) is 70.2 Å². The Morgan fingerprint density at radius 1 is 1.77 bits per heavy atom. The van der Waals surface area contributed by atoms with Crippen molar-refractivity contribution in [2.24, 2.45) is 0 Å². The van der Waals surface area contributed by atoms with E-state index in [1.54, 1.807) is 11.5 Å². The average Bonchev–Trinajstić information content (AvgIpc) is 2.51. The average molecular weight is 183 g/mol. The number of aryl methyl sites for hydroxylation is 1. The molecule has 1 aliphatic rings. The molecule has 6 heteroatoms. The van der Waals surface area contributed by atoms with E-state index >= 15 is 0 Å². The van der Waals surface area contributed by atoms with Gasteiger partial charge in [-0.2, -0.15) is 0 Å². The molecule has 1 atom stereocenters. The van der Waals surface area contributed by atoms with Crippen molar-refractivity contribution in [2.45, 2.75) is 26.5 Å². The highest BCUT2D eigenvalue weighted by Crippen LogP contribution is 2.32. The molecule has 0 fully saturated rings. The van der Waals surface area contributed by atoms with Crippen molar-refractivity contribution in [3.63, 3.8) is 0 Å². The quantitative estimate of drug-likeness (QED) is 0.478. The summed E-state index contributed by atoms with van der Waals surface area (Å²) < 4.78 is 7.00. The van der Waals surface area contributed by atoms with Crippen molar-refractivity contribution in [3.05, 3.63) is 15.9 Å². The first-order chi connectivity index (χ1) is 6.09. The van der Waals surface area contributed by atoms with Crippen LogP contribution in [0.1, 0.15) is 12.7 Å². The SMILES string of the molecule is Cc1nc([N+](=O)[O-])c2n1CC(C)O2. The fraction of sp³-hybridized carbons (Fsp3) is 0.571. The van der Waals surface area contributed by atoms with Gasteiger partial charge in [0.15, 0.2) is 0 Å². The lowest BCUT2D eigenvalue weighted by molar-refractivity contribution is -0.390. The standard InChI is InChI=1S/C7H9N3O3/c1-4-3-9-5(2)8-6(10(11)12)7(9)13-4/h4H,3H2,1-2H3. The Morgan fingerprint density at radius 2 is 2.46 bits per heavy atom. The van der Waals surface area contributed by atoms with Crippen LogP contribution in [0.3, 0.4) is 0 Å². The van der Waals surface area contributed by atoms with Gasteiger partial charge in [0.05, 0.1) is 6.54 Å². The highest BCUT2D eigenvalue weighted by Gasteiger charge is 2.33. The molecule has 2 heterocycles. The summed E-state index contributed by atoms with van der Waals surface area (Å²) >= 11 is 0. The smallest absolute Gasteiger partial charge is 0.426 e. The van der Waals surface area contributed by atoms with E-state index in [2.05, 4.69) is 4.98 Å². The molecule has 1 aromatic heterocycles. The third kappa shape index (κ3) is 1.06.